The van der Waals surface area contributed by atoms with Gasteiger partial charge in [-0.1, -0.05) is 34.8 Å². The molecule has 0 saturated carbocycles. The van der Waals surface area contributed by atoms with E-state index in [2.05, 4.69) is 0 Å². The van der Waals surface area contributed by atoms with Crippen molar-refractivity contribution < 1.29 is 15.0 Å². The Morgan fingerprint density at radius 2 is 1.33 bits per heavy atom. The summed E-state index contributed by atoms with van der Waals surface area (Å²) >= 11 is 15.2. The number of hydrogen-bond acceptors (Lipinski definition) is 1. The Morgan fingerprint density at radius 1 is 1.33 bits per heavy atom. The Hall–Kier alpha value is 0.140. The molecular formula is C3H5Cl3O3. The average molecular weight is 195 g/mol. The highest BCUT2D eigenvalue weighted by Gasteiger charge is 2.07. The van der Waals surface area contributed by atoms with Crippen LogP contribution in [0.1, 0.15) is 6.92 Å². The van der Waals surface area contributed by atoms with Crippen molar-refractivity contribution in [2.45, 2.75) is 10.7 Å². The number of hydrogen-bond donors (Lipinski definition) is 2. The van der Waals surface area contributed by atoms with Crippen LogP contribution in [0.25, 0.3) is 0 Å². The van der Waals surface area contributed by atoms with Crippen molar-refractivity contribution in [3.8, 4) is 0 Å². The Bertz CT molecular complexity index is 76.8. The van der Waals surface area contributed by atoms with E-state index in [0.29, 0.717) is 0 Å². The largest absolute Gasteiger partial charge is 0.503 e. The lowest BCUT2D eigenvalue weighted by atomic mass is 10.9. The first-order valence-corrected chi connectivity index (χ1v) is 2.85. The lowest BCUT2D eigenvalue weighted by Gasteiger charge is -1.94. The molecule has 0 saturated heterocycles. The highest BCUT2D eigenvalue weighted by atomic mass is 35.6. The molecule has 0 bridgehead atoms. The van der Waals surface area contributed by atoms with Gasteiger partial charge in [0.1, 0.15) is 0 Å². The topological polar surface area (TPSA) is 57.5 Å². The van der Waals surface area contributed by atoms with Gasteiger partial charge in [-0.15, -0.1) is 0 Å². The first-order valence-electron chi connectivity index (χ1n) is 1.72. The second kappa shape index (κ2) is 4.97. The van der Waals surface area contributed by atoms with E-state index in [1.165, 1.54) is 6.92 Å². The van der Waals surface area contributed by atoms with Crippen molar-refractivity contribution in [3.63, 3.8) is 0 Å². The first-order chi connectivity index (χ1) is 3.73. The maximum atomic E-state index is 8.56. The summed E-state index contributed by atoms with van der Waals surface area (Å²) in [5.74, 6) is 0. The van der Waals surface area contributed by atoms with Crippen molar-refractivity contribution >= 4 is 41.0 Å². The molecule has 0 heterocycles. The summed E-state index contributed by atoms with van der Waals surface area (Å²) in [5.41, 5.74) is 0. The number of carbonyl (C=O) groups is 1. The molecule has 0 fully saturated rings. The molecule has 0 atom stereocenters. The summed E-state index contributed by atoms with van der Waals surface area (Å²) < 4.78 is -1.08. The van der Waals surface area contributed by atoms with E-state index in [-0.39, 0.29) is 0 Å². The van der Waals surface area contributed by atoms with Gasteiger partial charge in [0.15, 0.2) is 3.79 Å². The van der Waals surface area contributed by atoms with E-state index < -0.39 is 9.95 Å². The second-order valence-electron chi connectivity index (χ2n) is 1.06. The Morgan fingerprint density at radius 3 is 1.33 bits per heavy atom. The van der Waals surface area contributed by atoms with Gasteiger partial charge in [-0.3, -0.25) is 0 Å². The minimum Gasteiger partial charge on any atom is -0.450 e. The first kappa shape index (κ1) is 11.9. The Kier molecular flexibility index (Phi) is 6.56. The van der Waals surface area contributed by atoms with Crippen LogP contribution in [0, 0.1) is 0 Å². The molecule has 0 spiro atoms. The van der Waals surface area contributed by atoms with Gasteiger partial charge in [-0.05, 0) is 6.92 Å². The molecule has 0 aliphatic heterocycles. The molecule has 0 amide bonds. The molecule has 9 heavy (non-hydrogen) atoms. The summed E-state index contributed by atoms with van der Waals surface area (Å²) in [4.78, 5) is 8.56. The summed E-state index contributed by atoms with van der Waals surface area (Å²) in [6.45, 7) is 1.48. The number of halogens is 3. The van der Waals surface area contributed by atoms with Crippen LogP contribution >= 0.6 is 34.8 Å². The lowest BCUT2D eigenvalue weighted by molar-refractivity contribution is 0.137. The maximum Gasteiger partial charge on any atom is 0.503 e. The number of rotatable bonds is 0. The zero-order valence-electron chi connectivity index (χ0n) is 4.44. The molecule has 0 aromatic carbocycles. The van der Waals surface area contributed by atoms with Gasteiger partial charge in [-0.25, -0.2) is 4.79 Å². The summed E-state index contributed by atoms with van der Waals surface area (Å²) in [6, 6.07) is 0. The lowest BCUT2D eigenvalue weighted by Crippen LogP contribution is -1.87. The zero-order chi connectivity index (χ0) is 8.08. The van der Waals surface area contributed by atoms with Gasteiger partial charge in [-0.2, -0.15) is 0 Å². The fourth-order valence-corrected chi connectivity index (χ4v) is 0. The SMILES string of the molecule is CC(Cl)(Cl)Cl.O=C(O)O. The summed E-state index contributed by atoms with van der Waals surface area (Å²) in [7, 11) is 0. The van der Waals surface area contributed by atoms with E-state index in [1.807, 2.05) is 0 Å². The van der Waals surface area contributed by atoms with E-state index >= 15 is 0 Å². The van der Waals surface area contributed by atoms with E-state index in [4.69, 9.17) is 49.8 Å². The van der Waals surface area contributed by atoms with Crippen molar-refractivity contribution in [2.24, 2.45) is 0 Å². The minimum absolute atomic E-state index is 1.08. The van der Waals surface area contributed by atoms with Crippen LogP contribution in [0.5, 0.6) is 0 Å². The molecule has 3 nitrogen and oxygen atoms in total. The molecule has 0 radical (unpaired) electrons. The van der Waals surface area contributed by atoms with Gasteiger partial charge in [0.05, 0.1) is 0 Å². The molecule has 0 unspecified atom stereocenters. The molecule has 0 aliphatic carbocycles. The van der Waals surface area contributed by atoms with Gasteiger partial charge >= 0.3 is 6.16 Å². The highest BCUT2D eigenvalue weighted by Crippen LogP contribution is 2.23. The van der Waals surface area contributed by atoms with Crippen LogP contribution in [-0.4, -0.2) is 20.2 Å². The van der Waals surface area contributed by atoms with Gasteiger partial charge < -0.3 is 10.2 Å². The Labute approximate surface area is 67.1 Å². The Balaban J connectivity index is 0. The summed E-state index contributed by atoms with van der Waals surface area (Å²) in [5, 5.41) is 13.9. The monoisotopic (exact) mass is 194 g/mol. The van der Waals surface area contributed by atoms with Gasteiger partial charge in [0, 0.05) is 0 Å². The molecule has 2 N–H and O–H groups in total. The van der Waals surface area contributed by atoms with Crippen molar-refractivity contribution in [2.75, 3.05) is 0 Å². The molecule has 0 aliphatic rings. The smallest absolute Gasteiger partial charge is 0.450 e. The van der Waals surface area contributed by atoms with Crippen LogP contribution in [0.3, 0.4) is 0 Å². The van der Waals surface area contributed by atoms with Crippen molar-refractivity contribution in [3.05, 3.63) is 0 Å². The van der Waals surface area contributed by atoms with Crippen LogP contribution in [0.15, 0.2) is 0 Å². The third kappa shape index (κ3) is 15700. The predicted molar refractivity (Wildman–Crippen MR) is 36.6 cm³/mol. The summed E-state index contributed by atoms with van der Waals surface area (Å²) in [6.07, 6.45) is -1.83. The maximum absolute atomic E-state index is 8.56. The third-order valence-electron chi connectivity index (χ3n) is 0. The zero-order valence-corrected chi connectivity index (χ0v) is 6.70. The predicted octanol–water partition coefficient (Wildman–Crippen LogP) is 2.60. The number of carboxylic acid groups (broad SMARTS) is 2. The van der Waals surface area contributed by atoms with E-state index in [9.17, 15) is 0 Å². The van der Waals surface area contributed by atoms with Crippen LogP contribution in [0.2, 0.25) is 0 Å². The quantitative estimate of drug-likeness (QED) is 0.584. The van der Waals surface area contributed by atoms with Crippen LogP contribution in [0.4, 0.5) is 4.79 Å². The standard InChI is InChI=1S/C2H3Cl3.CH2O3/c1-2(3,4)5;2-1(3)4/h1H3;(H2,2,3,4). The van der Waals surface area contributed by atoms with Crippen LogP contribution in [-0.2, 0) is 0 Å². The highest BCUT2D eigenvalue weighted by molar-refractivity contribution is 6.67. The molecule has 56 valence electrons. The normalized spacial score (nSPS) is 9.33. The molecule has 0 aromatic rings. The number of alkyl halides is 3. The van der Waals surface area contributed by atoms with E-state index in [1.54, 1.807) is 0 Å². The fraction of sp³-hybridized carbons (Fsp3) is 0.667. The second-order valence-corrected chi connectivity index (χ2v) is 3.91. The fourth-order valence-electron chi connectivity index (χ4n) is 0. The molecule has 0 aromatic heterocycles. The average Bonchev–Trinajstić information content (AvgIpc) is 1.19. The van der Waals surface area contributed by atoms with Crippen LogP contribution < -0.4 is 0 Å². The molecule has 6 heteroatoms. The van der Waals surface area contributed by atoms with Gasteiger partial charge in [0.25, 0.3) is 0 Å². The van der Waals surface area contributed by atoms with Gasteiger partial charge in [0.2, 0.25) is 0 Å². The third-order valence-corrected chi connectivity index (χ3v) is 0. The van der Waals surface area contributed by atoms with E-state index in [0.717, 1.165) is 0 Å². The molecule has 0 rings (SSSR count). The van der Waals surface area contributed by atoms with Crippen molar-refractivity contribution in [1.29, 1.82) is 0 Å². The van der Waals surface area contributed by atoms with Crippen molar-refractivity contribution in [1.82, 2.24) is 0 Å². The minimum atomic E-state index is -1.83. The molecular weight excluding hydrogens is 190 g/mol.